The number of thiazole rings is 1. The van der Waals surface area contributed by atoms with Crippen LogP contribution in [0.15, 0.2) is 0 Å². The maximum atomic E-state index is 5.27. The summed E-state index contributed by atoms with van der Waals surface area (Å²) in [4.78, 5) is 10.8. The van der Waals surface area contributed by atoms with Crippen molar-refractivity contribution in [3.8, 4) is 0 Å². The van der Waals surface area contributed by atoms with E-state index in [1.54, 1.807) is 18.4 Å². The third kappa shape index (κ3) is 3.69. The third-order valence-electron chi connectivity index (χ3n) is 3.75. The van der Waals surface area contributed by atoms with Gasteiger partial charge in [-0.2, -0.15) is 0 Å². The molecular weight excluding hydrogens is 272 g/mol. The maximum Gasteiger partial charge on any atom is 0.185 e. The van der Waals surface area contributed by atoms with Crippen LogP contribution in [0.4, 0.5) is 5.13 Å². The van der Waals surface area contributed by atoms with Gasteiger partial charge in [0.15, 0.2) is 5.13 Å². The van der Waals surface area contributed by atoms with E-state index in [4.69, 9.17) is 9.72 Å². The van der Waals surface area contributed by atoms with Crippen molar-refractivity contribution in [2.24, 2.45) is 0 Å². The topological polar surface area (TPSA) is 40.6 Å². The first kappa shape index (κ1) is 15.7. The minimum atomic E-state index is 0.599. The predicted octanol–water partition coefficient (Wildman–Crippen LogP) is 1.54. The van der Waals surface area contributed by atoms with Gasteiger partial charge < -0.3 is 19.9 Å². The first-order valence-electron chi connectivity index (χ1n) is 7.25. The van der Waals surface area contributed by atoms with E-state index in [-0.39, 0.29) is 0 Å². The van der Waals surface area contributed by atoms with Gasteiger partial charge in [-0.15, -0.1) is 11.3 Å². The zero-order valence-corrected chi connectivity index (χ0v) is 13.8. The van der Waals surface area contributed by atoms with Gasteiger partial charge in [0.2, 0.25) is 0 Å². The van der Waals surface area contributed by atoms with E-state index in [1.165, 1.54) is 11.3 Å². The molecule has 1 saturated heterocycles. The summed E-state index contributed by atoms with van der Waals surface area (Å²) >= 11 is 1.80. The molecule has 1 fully saturated rings. The minimum absolute atomic E-state index is 0.599. The Balaban J connectivity index is 2.08. The van der Waals surface area contributed by atoms with Crippen LogP contribution < -0.4 is 10.2 Å². The number of rotatable bonds is 7. The molecule has 1 aromatic rings. The van der Waals surface area contributed by atoms with E-state index in [1.807, 2.05) is 0 Å². The van der Waals surface area contributed by atoms with Gasteiger partial charge in [-0.05, 0) is 27.1 Å². The number of likely N-dealkylation sites (N-methyl/N-ethyl adjacent to an activating group) is 1. The van der Waals surface area contributed by atoms with Crippen molar-refractivity contribution >= 4 is 16.5 Å². The predicted molar refractivity (Wildman–Crippen MR) is 84.5 cm³/mol. The van der Waals surface area contributed by atoms with Crippen molar-refractivity contribution in [2.75, 3.05) is 45.7 Å². The summed E-state index contributed by atoms with van der Waals surface area (Å²) in [6.45, 7) is 6.77. The third-order valence-corrected chi connectivity index (χ3v) is 4.91. The standard InChI is InChI=1S/C14H26N4OS/c1-5-15-8-13-12(10-19-4)16-14(20-13)18-7-6-11(9-18)17(2)3/h11,15H,5-10H2,1-4H3. The Morgan fingerprint density at radius 1 is 1.50 bits per heavy atom. The lowest BCUT2D eigenvalue weighted by Gasteiger charge is -2.19. The SMILES string of the molecule is CCNCc1sc(N2CCC(N(C)C)C2)nc1COC. The fourth-order valence-corrected chi connectivity index (χ4v) is 3.54. The molecule has 1 N–H and O–H groups in total. The van der Waals surface area contributed by atoms with E-state index >= 15 is 0 Å². The average Bonchev–Trinajstić information content (AvgIpc) is 3.03. The average molecular weight is 298 g/mol. The fourth-order valence-electron chi connectivity index (χ4n) is 2.47. The van der Waals surface area contributed by atoms with Crippen molar-refractivity contribution < 1.29 is 4.74 Å². The summed E-state index contributed by atoms with van der Waals surface area (Å²) in [6, 6.07) is 0.641. The van der Waals surface area contributed by atoms with E-state index in [2.05, 4.69) is 36.1 Å². The number of aromatic nitrogens is 1. The summed E-state index contributed by atoms with van der Waals surface area (Å²) in [5.74, 6) is 0. The first-order valence-corrected chi connectivity index (χ1v) is 8.07. The van der Waals surface area contributed by atoms with Crippen molar-refractivity contribution in [1.82, 2.24) is 15.2 Å². The van der Waals surface area contributed by atoms with Crippen molar-refractivity contribution in [3.05, 3.63) is 10.6 Å². The molecule has 2 rings (SSSR count). The Labute approximate surface area is 125 Å². The highest BCUT2D eigenvalue weighted by atomic mass is 32.1. The van der Waals surface area contributed by atoms with Gasteiger partial charge in [0.25, 0.3) is 0 Å². The first-order chi connectivity index (χ1) is 9.65. The van der Waals surface area contributed by atoms with Crippen LogP contribution in [0.5, 0.6) is 0 Å². The lowest BCUT2D eigenvalue weighted by Crippen LogP contribution is -2.31. The monoisotopic (exact) mass is 298 g/mol. The van der Waals surface area contributed by atoms with E-state index in [0.717, 1.165) is 37.0 Å². The second-order valence-corrected chi connectivity index (χ2v) is 6.49. The van der Waals surface area contributed by atoms with E-state index < -0.39 is 0 Å². The van der Waals surface area contributed by atoms with Crippen LogP contribution >= 0.6 is 11.3 Å². The van der Waals surface area contributed by atoms with Gasteiger partial charge in [0.1, 0.15) is 0 Å². The highest BCUT2D eigenvalue weighted by Gasteiger charge is 2.26. The molecule has 0 amide bonds. The molecule has 6 heteroatoms. The van der Waals surface area contributed by atoms with E-state index in [0.29, 0.717) is 12.6 Å². The second-order valence-electron chi connectivity index (χ2n) is 5.43. The smallest absolute Gasteiger partial charge is 0.185 e. The van der Waals surface area contributed by atoms with Gasteiger partial charge >= 0.3 is 0 Å². The maximum absolute atomic E-state index is 5.27. The fraction of sp³-hybridized carbons (Fsp3) is 0.786. The molecule has 0 aliphatic carbocycles. The molecule has 0 saturated carbocycles. The van der Waals surface area contributed by atoms with E-state index in [9.17, 15) is 0 Å². The molecule has 1 aromatic heterocycles. The second kappa shape index (κ2) is 7.36. The Hall–Kier alpha value is -0.690. The molecule has 5 nitrogen and oxygen atoms in total. The quantitative estimate of drug-likeness (QED) is 0.827. The van der Waals surface area contributed by atoms with Gasteiger partial charge in [-0.3, -0.25) is 0 Å². The number of ether oxygens (including phenoxy) is 1. The molecule has 0 radical (unpaired) electrons. The Kier molecular flexibility index (Phi) is 5.77. The molecule has 1 unspecified atom stereocenters. The zero-order chi connectivity index (χ0) is 14.5. The van der Waals surface area contributed by atoms with Crippen molar-refractivity contribution in [3.63, 3.8) is 0 Å². The molecule has 1 aliphatic heterocycles. The molecule has 0 bridgehead atoms. The molecule has 20 heavy (non-hydrogen) atoms. The van der Waals surface area contributed by atoms with Crippen molar-refractivity contribution in [2.45, 2.75) is 32.5 Å². The van der Waals surface area contributed by atoms with Crippen LogP contribution in [0.25, 0.3) is 0 Å². The van der Waals surface area contributed by atoms with Crippen LogP contribution in [-0.4, -0.2) is 56.8 Å². The Bertz CT molecular complexity index is 421. The molecule has 0 spiro atoms. The van der Waals surface area contributed by atoms with Gasteiger partial charge in [-0.1, -0.05) is 6.92 Å². The molecular formula is C14H26N4OS. The van der Waals surface area contributed by atoms with Crippen LogP contribution in [-0.2, 0) is 17.9 Å². The Morgan fingerprint density at radius 3 is 2.90 bits per heavy atom. The summed E-state index contributed by atoms with van der Waals surface area (Å²) in [5, 5.41) is 4.53. The molecule has 114 valence electrons. The number of hydrogen-bond donors (Lipinski definition) is 1. The molecule has 1 aliphatic rings. The van der Waals surface area contributed by atoms with Gasteiger partial charge in [-0.25, -0.2) is 4.98 Å². The summed E-state index contributed by atoms with van der Waals surface area (Å²) in [6.07, 6.45) is 1.22. The number of hydrogen-bond acceptors (Lipinski definition) is 6. The number of methoxy groups -OCH3 is 1. The molecule has 2 heterocycles. The van der Waals surface area contributed by atoms with Crippen LogP contribution in [0.3, 0.4) is 0 Å². The lowest BCUT2D eigenvalue weighted by atomic mass is 10.2. The zero-order valence-electron chi connectivity index (χ0n) is 13.0. The minimum Gasteiger partial charge on any atom is -0.378 e. The van der Waals surface area contributed by atoms with Crippen LogP contribution in [0.1, 0.15) is 23.9 Å². The number of anilines is 1. The number of nitrogens with one attached hydrogen (secondary N) is 1. The molecule has 1 atom stereocenters. The Morgan fingerprint density at radius 2 is 2.30 bits per heavy atom. The van der Waals surface area contributed by atoms with Crippen LogP contribution in [0, 0.1) is 0 Å². The summed E-state index contributed by atoms with van der Waals surface area (Å²) in [5.41, 5.74) is 1.08. The summed E-state index contributed by atoms with van der Waals surface area (Å²) in [7, 11) is 6.04. The summed E-state index contributed by atoms with van der Waals surface area (Å²) < 4.78 is 5.27. The lowest BCUT2D eigenvalue weighted by molar-refractivity contribution is 0.181. The van der Waals surface area contributed by atoms with Gasteiger partial charge in [0, 0.05) is 37.7 Å². The molecule has 0 aromatic carbocycles. The van der Waals surface area contributed by atoms with Crippen LogP contribution in [0.2, 0.25) is 0 Å². The number of nitrogens with zero attached hydrogens (tertiary/aromatic N) is 3. The highest BCUT2D eigenvalue weighted by Crippen LogP contribution is 2.30. The normalized spacial score (nSPS) is 19.2. The largest absolute Gasteiger partial charge is 0.378 e. The highest BCUT2D eigenvalue weighted by molar-refractivity contribution is 7.15. The van der Waals surface area contributed by atoms with Gasteiger partial charge in [0.05, 0.1) is 12.3 Å². The van der Waals surface area contributed by atoms with Crippen molar-refractivity contribution in [1.29, 1.82) is 0 Å².